The van der Waals surface area contributed by atoms with Gasteiger partial charge in [-0.2, -0.15) is 0 Å². The number of anilines is 1. The summed E-state index contributed by atoms with van der Waals surface area (Å²) < 4.78 is 0. The van der Waals surface area contributed by atoms with E-state index in [0.29, 0.717) is 6.04 Å². The van der Waals surface area contributed by atoms with Crippen molar-refractivity contribution < 1.29 is 0 Å². The van der Waals surface area contributed by atoms with Gasteiger partial charge in [0.05, 0.1) is 0 Å². The monoisotopic (exact) mass is 246 g/mol. The molecule has 100 valence electrons. The minimum Gasteiger partial charge on any atom is -0.370 e. The van der Waals surface area contributed by atoms with E-state index in [4.69, 9.17) is 0 Å². The molecule has 0 bridgehead atoms. The molecule has 0 aliphatic rings. The summed E-state index contributed by atoms with van der Waals surface area (Å²) in [4.78, 5) is 2.27. The van der Waals surface area contributed by atoms with Gasteiger partial charge in [-0.1, -0.05) is 37.3 Å². The van der Waals surface area contributed by atoms with Crippen molar-refractivity contribution in [3.63, 3.8) is 0 Å². The van der Waals surface area contributed by atoms with Gasteiger partial charge in [0.15, 0.2) is 0 Å². The van der Waals surface area contributed by atoms with Crippen LogP contribution in [0.1, 0.15) is 38.8 Å². The summed E-state index contributed by atoms with van der Waals surface area (Å²) in [7, 11) is 2.13. The Morgan fingerprint density at radius 2 is 2.06 bits per heavy atom. The summed E-state index contributed by atoms with van der Waals surface area (Å²) >= 11 is 0. The van der Waals surface area contributed by atoms with Crippen LogP contribution in [0.15, 0.2) is 36.4 Å². The lowest BCUT2D eigenvalue weighted by Crippen LogP contribution is -2.25. The molecule has 0 saturated heterocycles. The molecule has 0 fully saturated rings. The number of nitrogens with one attached hydrogen (secondary N) is 1. The third-order valence-corrected chi connectivity index (χ3v) is 3.02. The number of benzene rings is 1. The molecule has 1 atom stereocenters. The lowest BCUT2D eigenvalue weighted by molar-refractivity contribution is 0.570. The van der Waals surface area contributed by atoms with Crippen molar-refractivity contribution in [1.29, 1.82) is 0 Å². The first-order valence-electron chi connectivity index (χ1n) is 6.74. The van der Waals surface area contributed by atoms with Crippen molar-refractivity contribution in [1.82, 2.24) is 5.32 Å². The van der Waals surface area contributed by atoms with Gasteiger partial charge in [-0.3, -0.25) is 0 Å². The Hall–Kier alpha value is -1.28. The molecule has 0 radical (unpaired) electrons. The average molecular weight is 246 g/mol. The third kappa shape index (κ3) is 4.19. The van der Waals surface area contributed by atoms with Gasteiger partial charge in [0.2, 0.25) is 0 Å². The van der Waals surface area contributed by atoms with E-state index in [9.17, 15) is 0 Å². The van der Waals surface area contributed by atoms with Gasteiger partial charge in [-0.15, -0.1) is 0 Å². The topological polar surface area (TPSA) is 15.3 Å². The highest BCUT2D eigenvalue weighted by atomic mass is 15.1. The number of likely N-dealkylation sites (N-methyl/N-ethyl adjacent to an activating group) is 1. The SMILES string of the molecule is C=C(C)CN(C)c1ccccc1C(C)NCCC. The van der Waals surface area contributed by atoms with Gasteiger partial charge in [-0.25, -0.2) is 0 Å². The summed E-state index contributed by atoms with van der Waals surface area (Å²) in [5, 5.41) is 3.55. The lowest BCUT2D eigenvalue weighted by atomic mass is 10.0. The van der Waals surface area contributed by atoms with Gasteiger partial charge >= 0.3 is 0 Å². The predicted molar refractivity (Wildman–Crippen MR) is 81.2 cm³/mol. The van der Waals surface area contributed by atoms with E-state index in [2.05, 4.69) is 68.9 Å². The Morgan fingerprint density at radius 3 is 2.67 bits per heavy atom. The Morgan fingerprint density at radius 1 is 1.39 bits per heavy atom. The molecular formula is C16H26N2. The van der Waals surface area contributed by atoms with E-state index < -0.39 is 0 Å². The van der Waals surface area contributed by atoms with Gasteiger partial charge in [-0.05, 0) is 38.4 Å². The molecule has 1 rings (SSSR count). The van der Waals surface area contributed by atoms with Crippen LogP contribution in [0.3, 0.4) is 0 Å². The molecule has 1 N–H and O–H groups in total. The quantitative estimate of drug-likeness (QED) is 0.737. The zero-order valence-electron chi connectivity index (χ0n) is 12.2. The molecule has 1 aromatic carbocycles. The second-order valence-electron chi connectivity index (χ2n) is 5.05. The standard InChI is InChI=1S/C16H26N2/c1-6-11-17-14(4)15-9-7-8-10-16(15)18(5)12-13(2)3/h7-10,14,17H,2,6,11-12H2,1,3-5H3. The zero-order valence-corrected chi connectivity index (χ0v) is 12.2. The number of hydrogen-bond acceptors (Lipinski definition) is 2. The fourth-order valence-corrected chi connectivity index (χ4v) is 2.16. The van der Waals surface area contributed by atoms with Crippen LogP contribution in [0, 0.1) is 0 Å². The minimum atomic E-state index is 0.383. The fraction of sp³-hybridized carbons (Fsp3) is 0.500. The molecule has 2 nitrogen and oxygen atoms in total. The normalized spacial score (nSPS) is 12.2. The maximum Gasteiger partial charge on any atom is 0.0414 e. The number of para-hydroxylation sites is 1. The first-order chi connectivity index (χ1) is 8.56. The second kappa shape index (κ2) is 7.22. The summed E-state index contributed by atoms with van der Waals surface area (Å²) in [6.45, 7) is 12.4. The zero-order chi connectivity index (χ0) is 13.5. The van der Waals surface area contributed by atoms with Crippen LogP contribution in [0.2, 0.25) is 0 Å². The van der Waals surface area contributed by atoms with Crippen molar-refractivity contribution in [2.75, 3.05) is 25.0 Å². The van der Waals surface area contributed by atoms with Crippen molar-refractivity contribution in [2.45, 2.75) is 33.2 Å². The van der Waals surface area contributed by atoms with Crippen molar-refractivity contribution in [3.05, 3.63) is 42.0 Å². The molecule has 2 heteroatoms. The van der Waals surface area contributed by atoms with E-state index in [-0.39, 0.29) is 0 Å². The van der Waals surface area contributed by atoms with E-state index >= 15 is 0 Å². The first kappa shape index (κ1) is 14.8. The second-order valence-corrected chi connectivity index (χ2v) is 5.05. The molecule has 0 spiro atoms. The van der Waals surface area contributed by atoms with E-state index in [1.165, 1.54) is 16.8 Å². The van der Waals surface area contributed by atoms with E-state index in [1.54, 1.807) is 0 Å². The van der Waals surface area contributed by atoms with Gasteiger partial charge in [0.25, 0.3) is 0 Å². The van der Waals surface area contributed by atoms with Crippen molar-refractivity contribution >= 4 is 5.69 Å². The van der Waals surface area contributed by atoms with Crippen molar-refractivity contribution in [3.8, 4) is 0 Å². The van der Waals surface area contributed by atoms with E-state index in [1.807, 2.05) is 0 Å². The van der Waals surface area contributed by atoms with Crippen molar-refractivity contribution in [2.24, 2.45) is 0 Å². The van der Waals surface area contributed by atoms with Crippen LogP contribution in [-0.2, 0) is 0 Å². The molecule has 0 heterocycles. The smallest absolute Gasteiger partial charge is 0.0414 e. The van der Waals surface area contributed by atoms with Crippen LogP contribution in [0.4, 0.5) is 5.69 Å². The number of hydrogen-bond donors (Lipinski definition) is 1. The highest BCUT2D eigenvalue weighted by Crippen LogP contribution is 2.25. The lowest BCUT2D eigenvalue weighted by Gasteiger charge is -2.25. The third-order valence-electron chi connectivity index (χ3n) is 3.02. The maximum absolute atomic E-state index is 3.99. The van der Waals surface area contributed by atoms with Crippen LogP contribution < -0.4 is 10.2 Å². The molecule has 18 heavy (non-hydrogen) atoms. The predicted octanol–water partition coefficient (Wildman–Crippen LogP) is 3.76. The molecular weight excluding hydrogens is 220 g/mol. The van der Waals surface area contributed by atoms with E-state index in [0.717, 1.165) is 19.5 Å². The molecule has 0 aliphatic carbocycles. The highest BCUT2D eigenvalue weighted by molar-refractivity contribution is 5.55. The minimum absolute atomic E-state index is 0.383. The number of rotatable bonds is 7. The van der Waals surface area contributed by atoms with Crippen LogP contribution in [-0.4, -0.2) is 20.1 Å². The fourth-order valence-electron chi connectivity index (χ4n) is 2.16. The molecule has 0 amide bonds. The van der Waals surface area contributed by atoms with Crippen LogP contribution >= 0.6 is 0 Å². The average Bonchev–Trinajstić information content (AvgIpc) is 2.35. The summed E-state index contributed by atoms with van der Waals surface area (Å²) in [5.41, 5.74) is 3.83. The Bertz CT molecular complexity index is 384. The maximum atomic E-state index is 3.99. The van der Waals surface area contributed by atoms with Crippen LogP contribution in [0.25, 0.3) is 0 Å². The summed E-state index contributed by atoms with van der Waals surface area (Å²) in [5.74, 6) is 0. The van der Waals surface area contributed by atoms with Crippen LogP contribution in [0.5, 0.6) is 0 Å². The van der Waals surface area contributed by atoms with Gasteiger partial charge < -0.3 is 10.2 Å². The molecule has 0 saturated carbocycles. The highest BCUT2D eigenvalue weighted by Gasteiger charge is 2.12. The number of nitrogens with zero attached hydrogens (tertiary/aromatic N) is 1. The Labute approximate surface area is 112 Å². The Balaban J connectivity index is 2.87. The summed E-state index contributed by atoms with van der Waals surface area (Å²) in [6.07, 6.45) is 1.16. The van der Waals surface area contributed by atoms with Gasteiger partial charge in [0, 0.05) is 25.3 Å². The molecule has 1 unspecified atom stereocenters. The van der Waals surface area contributed by atoms with Gasteiger partial charge in [0.1, 0.15) is 0 Å². The molecule has 0 aliphatic heterocycles. The largest absolute Gasteiger partial charge is 0.370 e. The summed E-state index contributed by atoms with van der Waals surface area (Å²) in [6, 6.07) is 8.98. The first-order valence-corrected chi connectivity index (χ1v) is 6.74. The molecule has 0 aromatic heterocycles. The Kier molecular flexibility index (Phi) is 5.93. The molecule has 1 aromatic rings.